The lowest BCUT2D eigenvalue weighted by Crippen LogP contribution is -2.26. The number of anilines is 1. The number of imidazole rings is 1. The van der Waals surface area contributed by atoms with E-state index >= 15 is 0 Å². The van der Waals surface area contributed by atoms with Crippen LogP contribution in [0.15, 0.2) is 53.9 Å². The second-order valence-electron chi connectivity index (χ2n) is 9.06. The number of hydrogen-bond acceptors (Lipinski definition) is 7. The minimum atomic E-state index is -4.21. The zero-order valence-electron chi connectivity index (χ0n) is 20.8. The lowest BCUT2D eigenvalue weighted by Gasteiger charge is -2.29. The smallest absolute Gasteiger partial charge is 0.308 e. The summed E-state index contributed by atoms with van der Waals surface area (Å²) in [5, 5.41) is 12.4. The predicted octanol–water partition coefficient (Wildman–Crippen LogP) is 3.29. The molecule has 202 valence electrons. The molecule has 38 heavy (non-hydrogen) atoms. The maximum atomic E-state index is 14.4. The minimum Gasteiger partial charge on any atom is -0.469 e. The Balaban J connectivity index is 1.68. The van der Waals surface area contributed by atoms with E-state index in [1.807, 2.05) is 4.57 Å². The first-order chi connectivity index (χ1) is 18.2. The number of rotatable bonds is 9. The van der Waals surface area contributed by atoms with E-state index in [0.29, 0.717) is 42.3 Å². The Bertz CT molecular complexity index is 1480. The van der Waals surface area contributed by atoms with Gasteiger partial charge < -0.3 is 14.4 Å². The molecule has 3 N–H and O–H groups in total. The van der Waals surface area contributed by atoms with Crippen LogP contribution in [0.2, 0.25) is 0 Å². The summed E-state index contributed by atoms with van der Waals surface area (Å²) in [4.78, 5) is 29.1. The maximum Gasteiger partial charge on any atom is 0.308 e. The van der Waals surface area contributed by atoms with E-state index in [2.05, 4.69) is 21.6 Å². The first kappa shape index (κ1) is 27.4. The van der Waals surface area contributed by atoms with E-state index in [4.69, 9.17) is 4.74 Å². The molecule has 1 heterocycles. The number of nitrogens with one attached hydrogen (secondary N) is 2. The second-order valence-corrected chi connectivity index (χ2v) is 10.8. The van der Waals surface area contributed by atoms with Gasteiger partial charge in [0.2, 0.25) is 16.0 Å². The van der Waals surface area contributed by atoms with Crippen molar-refractivity contribution in [3.05, 3.63) is 66.0 Å². The fraction of sp³-hybridized carbons (Fsp3) is 0.346. The normalized spacial score (nSPS) is 17.8. The van der Waals surface area contributed by atoms with Crippen molar-refractivity contribution in [1.29, 1.82) is 0 Å². The largest absolute Gasteiger partial charge is 0.469 e. The summed E-state index contributed by atoms with van der Waals surface area (Å²) < 4.78 is 48.3. The van der Waals surface area contributed by atoms with Gasteiger partial charge in [0, 0.05) is 18.2 Å². The Hall–Kier alpha value is -3.61. The van der Waals surface area contributed by atoms with Crippen LogP contribution in [0.5, 0.6) is 0 Å². The molecule has 0 unspecified atom stereocenters. The maximum absolute atomic E-state index is 14.4. The number of benzene rings is 2. The number of esters is 1. The van der Waals surface area contributed by atoms with Gasteiger partial charge in [-0.15, -0.1) is 6.58 Å². The highest BCUT2D eigenvalue weighted by Crippen LogP contribution is 2.37. The van der Waals surface area contributed by atoms with Gasteiger partial charge in [-0.3, -0.25) is 14.9 Å². The summed E-state index contributed by atoms with van der Waals surface area (Å²) in [7, 11) is -2.84. The molecule has 1 fully saturated rings. The fourth-order valence-corrected chi connectivity index (χ4v) is 5.80. The van der Waals surface area contributed by atoms with Gasteiger partial charge in [-0.2, -0.15) is 0 Å². The van der Waals surface area contributed by atoms with Gasteiger partial charge >= 0.3 is 5.97 Å². The molecule has 4 rings (SSSR count). The number of aliphatic hydroxyl groups excluding tert-OH is 1. The number of hydrogen-bond donors (Lipinski definition) is 3. The van der Waals surface area contributed by atoms with Crippen molar-refractivity contribution in [2.24, 2.45) is 5.92 Å². The zero-order chi connectivity index (χ0) is 27.4. The van der Waals surface area contributed by atoms with Crippen LogP contribution in [0.4, 0.5) is 10.3 Å². The molecule has 0 atom stereocenters. The Kier molecular flexibility index (Phi) is 8.24. The Morgan fingerprint density at radius 2 is 1.95 bits per heavy atom. The van der Waals surface area contributed by atoms with Gasteiger partial charge in [-0.1, -0.05) is 12.1 Å². The van der Waals surface area contributed by atoms with Gasteiger partial charge in [0.05, 0.1) is 30.7 Å². The van der Waals surface area contributed by atoms with Crippen LogP contribution in [0.25, 0.3) is 11.0 Å². The molecule has 1 amide bonds. The van der Waals surface area contributed by atoms with E-state index in [0.717, 1.165) is 12.1 Å². The van der Waals surface area contributed by atoms with Crippen molar-refractivity contribution < 1.29 is 32.2 Å². The lowest BCUT2D eigenvalue weighted by molar-refractivity contribution is -0.146. The van der Waals surface area contributed by atoms with Crippen LogP contribution < -0.4 is 10.0 Å². The highest BCUT2D eigenvalue weighted by Gasteiger charge is 2.30. The molecule has 12 heteroatoms. The predicted molar refractivity (Wildman–Crippen MR) is 138 cm³/mol. The standard InChI is InChI=1S/C26H29FN4O6S/c1-3-12-28-38(35,36)23-14-18(7-10-20(23)27)24(33)30-26-29-21-11-4-16(15-32)13-22(21)31(26)19-8-5-17(6-9-19)25(34)37-2/h3-4,7,10-11,13-14,17,19,28,32H,1,5-6,8-9,12,15H2,2H3,(H,29,30,33)/t17-,19+. The summed E-state index contributed by atoms with van der Waals surface area (Å²) in [6, 6.07) is 8.23. The SMILES string of the molecule is C=CCNS(=O)(=O)c1cc(C(=O)Nc2nc3ccc(CO)cc3n2[C@H]2CC[C@@H](C(=O)OC)CC2)ccc1F. The van der Waals surface area contributed by atoms with Crippen molar-refractivity contribution >= 4 is 38.9 Å². The minimum absolute atomic E-state index is 0.0746. The van der Waals surface area contributed by atoms with Crippen molar-refractivity contribution in [2.45, 2.75) is 43.2 Å². The number of carbonyl (C=O) groups excluding carboxylic acids is 2. The molecule has 0 aliphatic heterocycles. The van der Waals surface area contributed by atoms with Gasteiger partial charge in [0.1, 0.15) is 10.7 Å². The molecule has 2 aromatic carbocycles. The second kappa shape index (κ2) is 11.4. The van der Waals surface area contributed by atoms with Crippen molar-refractivity contribution in [3.63, 3.8) is 0 Å². The van der Waals surface area contributed by atoms with Gasteiger partial charge in [0.25, 0.3) is 5.91 Å². The number of ether oxygens (including phenoxy) is 1. The molecule has 1 saturated carbocycles. The van der Waals surface area contributed by atoms with E-state index in [-0.39, 0.29) is 42.6 Å². The third-order valence-electron chi connectivity index (χ3n) is 6.66. The summed E-state index contributed by atoms with van der Waals surface area (Å²) >= 11 is 0. The number of halogens is 1. The molecular weight excluding hydrogens is 515 g/mol. The van der Waals surface area contributed by atoms with E-state index in [9.17, 15) is 27.5 Å². The summed E-state index contributed by atoms with van der Waals surface area (Å²) in [5.41, 5.74) is 1.88. The van der Waals surface area contributed by atoms with Gasteiger partial charge in [-0.25, -0.2) is 22.5 Å². The quantitative estimate of drug-likeness (QED) is 0.277. The fourth-order valence-electron chi connectivity index (χ4n) is 4.70. The Morgan fingerprint density at radius 1 is 1.21 bits per heavy atom. The number of nitrogens with zero attached hydrogens (tertiary/aromatic N) is 2. The van der Waals surface area contributed by atoms with Gasteiger partial charge in [-0.05, 0) is 61.6 Å². The monoisotopic (exact) mass is 544 g/mol. The van der Waals surface area contributed by atoms with Crippen LogP contribution in [0, 0.1) is 11.7 Å². The third kappa shape index (κ3) is 5.62. The van der Waals surface area contributed by atoms with E-state index in [1.165, 1.54) is 19.3 Å². The lowest BCUT2D eigenvalue weighted by atomic mass is 9.86. The van der Waals surface area contributed by atoms with Crippen LogP contribution in [-0.4, -0.2) is 48.6 Å². The van der Waals surface area contributed by atoms with Crippen molar-refractivity contribution in [3.8, 4) is 0 Å². The number of aromatic nitrogens is 2. The first-order valence-electron chi connectivity index (χ1n) is 12.1. The molecule has 10 nitrogen and oxygen atoms in total. The topological polar surface area (TPSA) is 140 Å². The van der Waals surface area contributed by atoms with Crippen LogP contribution in [0.3, 0.4) is 0 Å². The number of amides is 1. The highest BCUT2D eigenvalue weighted by atomic mass is 32.2. The zero-order valence-corrected chi connectivity index (χ0v) is 21.6. The highest BCUT2D eigenvalue weighted by molar-refractivity contribution is 7.89. The summed E-state index contributed by atoms with van der Waals surface area (Å²) in [6.07, 6.45) is 3.77. The third-order valence-corrected chi connectivity index (χ3v) is 8.10. The molecule has 1 aromatic heterocycles. The van der Waals surface area contributed by atoms with Crippen LogP contribution in [-0.2, 0) is 26.2 Å². The van der Waals surface area contributed by atoms with Crippen molar-refractivity contribution in [1.82, 2.24) is 14.3 Å². The van der Waals surface area contributed by atoms with Gasteiger partial charge in [0.15, 0.2) is 0 Å². The molecule has 1 aliphatic rings. The summed E-state index contributed by atoms with van der Waals surface area (Å²) in [6.45, 7) is 3.16. The molecule has 0 radical (unpaired) electrons. The molecule has 3 aromatic rings. The molecule has 0 bridgehead atoms. The average Bonchev–Trinajstić information content (AvgIpc) is 3.28. The van der Waals surface area contributed by atoms with Crippen molar-refractivity contribution in [2.75, 3.05) is 19.0 Å². The number of sulfonamides is 1. The molecule has 0 saturated heterocycles. The van der Waals surface area contributed by atoms with Crippen LogP contribution in [0.1, 0.15) is 47.6 Å². The molecule has 0 spiro atoms. The van der Waals surface area contributed by atoms with Crippen LogP contribution >= 0.6 is 0 Å². The number of aliphatic hydroxyl groups is 1. The Labute approximate surface area is 219 Å². The van der Waals surface area contributed by atoms with E-state index < -0.39 is 26.6 Å². The number of fused-ring (bicyclic) bond motifs is 1. The first-order valence-corrected chi connectivity index (χ1v) is 13.6. The summed E-state index contributed by atoms with van der Waals surface area (Å²) in [5.74, 6) is -1.90. The number of methoxy groups -OCH3 is 1. The Morgan fingerprint density at radius 3 is 2.61 bits per heavy atom. The average molecular weight is 545 g/mol. The van der Waals surface area contributed by atoms with E-state index in [1.54, 1.807) is 18.2 Å². The number of carbonyl (C=O) groups is 2. The molecule has 1 aliphatic carbocycles. The molecular formula is C26H29FN4O6S.